The number of carbonyl (C=O) groups is 1. The van der Waals surface area contributed by atoms with E-state index in [0.717, 1.165) is 0 Å². The van der Waals surface area contributed by atoms with Gasteiger partial charge in [0.05, 0.1) is 24.2 Å². The second-order valence-electron chi connectivity index (χ2n) is 5.46. The summed E-state index contributed by atoms with van der Waals surface area (Å²) in [4.78, 5) is 24.1. The minimum Gasteiger partial charge on any atom is -0.490 e. The van der Waals surface area contributed by atoms with Crippen LogP contribution in [0.15, 0.2) is 51.7 Å². The van der Waals surface area contributed by atoms with Crippen LogP contribution >= 0.6 is 0 Å². The van der Waals surface area contributed by atoms with E-state index >= 15 is 0 Å². The molecule has 2 aromatic carbocycles. The van der Waals surface area contributed by atoms with Crippen LogP contribution in [0.1, 0.15) is 24.2 Å². The first-order chi connectivity index (χ1) is 12.6. The van der Waals surface area contributed by atoms with Gasteiger partial charge in [0, 0.05) is 11.6 Å². The van der Waals surface area contributed by atoms with E-state index in [1.165, 1.54) is 12.1 Å². The molecule has 6 nitrogen and oxygen atoms in total. The van der Waals surface area contributed by atoms with Gasteiger partial charge >= 0.3 is 5.97 Å². The van der Waals surface area contributed by atoms with Gasteiger partial charge in [0.25, 0.3) is 0 Å². The van der Waals surface area contributed by atoms with Crippen molar-refractivity contribution in [3.63, 3.8) is 0 Å². The molecule has 0 aliphatic carbocycles. The SMILES string of the molecule is CCOc1ccc2c(=O)cc(-c3ccccc3C(=O)O)oc2c1OCC. The smallest absolute Gasteiger partial charge is 0.336 e. The highest BCUT2D eigenvalue weighted by molar-refractivity contribution is 5.96. The molecule has 0 amide bonds. The van der Waals surface area contributed by atoms with Gasteiger partial charge < -0.3 is 19.0 Å². The van der Waals surface area contributed by atoms with E-state index in [0.29, 0.717) is 35.7 Å². The van der Waals surface area contributed by atoms with E-state index in [1.807, 2.05) is 13.8 Å². The zero-order valence-corrected chi connectivity index (χ0v) is 14.4. The lowest BCUT2D eigenvalue weighted by atomic mass is 10.0. The third kappa shape index (κ3) is 3.13. The van der Waals surface area contributed by atoms with E-state index in [4.69, 9.17) is 13.9 Å². The molecule has 1 N–H and O–H groups in total. The minimum absolute atomic E-state index is 0.0499. The lowest BCUT2D eigenvalue weighted by Crippen LogP contribution is -2.06. The molecule has 0 bridgehead atoms. The van der Waals surface area contributed by atoms with Crippen LogP contribution in [0.3, 0.4) is 0 Å². The van der Waals surface area contributed by atoms with Crippen LogP contribution in [0.25, 0.3) is 22.3 Å². The molecule has 1 heterocycles. The molecule has 0 aliphatic rings. The van der Waals surface area contributed by atoms with E-state index in [9.17, 15) is 14.7 Å². The topological polar surface area (TPSA) is 86.0 Å². The van der Waals surface area contributed by atoms with Crippen molar-refractivity contribution >= 4 is 16.9 Å². The highest BCUT2D eigenvalue weighted by Gasteiger charge is 2.19. The van der Waals surface area contributed by atoms with Crippen molar-refractivity contribution in [3.8, 4) is 22.8 Å². The molecule has 0 saturated carbocycles. The van der Waals surface area contributed by atoms with E-state index < -0.39 is 5.97 Å². The summed E-state index contributed by atoms with van der Waals surface area (Å²) in [5.41, 5.74) is 0.322. The predicted molar refractivity (Wildman–Crippen MR) is 97.2 cm³/mol. The van der Waals surface area contributed by atoms with Crippen molar-refractivity contribution in [2.24, 2.45) is 0 Å². The van der Waals surface area contributed by atoms with Gasteiger partial charge in [0.2, 0.25) is 5.75 Å². The van der Waals surface area contributed by atoms with Crippen LogP contribution in [0.2, 0.25) is 0 Å². The molecule has 6 heteroatoms. The maximum absolute atomic E-state index is 12.6. The minimum atomic E-state index is -1.10. The number of hydrogen-bond acceptors (Lipinski definition) is 5. The van der Waals surface area contributed by atoms with Crippen molar-refractivity contribution < 1.29 is 23.8 Å². The summed E-state index contributed by atoms with van der Waals surface area (Å²) in [6, 6.07) is 10.9. The monoisotopic (exact) mass is 354 g/mol. The molecule has 26 heavy (non-hydrogen) atoms. The molecule has 0 atom stereocenters. The van der Waals surface area contributed by atoms with Crippen molar-refractivity contribution in [2.75, 3.05) is 13.2 Å². The quantitative estimate of drug-likeness (QED) is 0.721. The fourth-order valence-electron chi connectivity index (χ4n) is 2.74. The first-order valence-corrected chi connectivity index (χ1v) is 8.26. The molecular formula is C20H18O6. The normalized spacial score (nSPS) is 10.7. The van der Waals surface area contributed by atoms with Crippen molar-refractivity contribution in [1.29, 1.82) is 0 Å². The standard InChI is InChI=1S/C20H18O6/c1-3-24-16-10-9-14-15(21)11-17(26-18(14)19(16)25-4-2)12-7-5-6-8-13(12)20(22)23/h5-11H,3-4H2,1-2H3,(H,22,23). The van der Waals surface area contributed by atoms with Gasteiger partial charge in [0.15, 0.2) is 16.8 Å². The van der Waals surface area contributed by atoms with E-state index in [2.05, 4.69) is 0 Å². The van der Waals surface area contributed by atoms with Gasteiger partial charge in [0.1, 0.15) is 5.76 Å². The fraction of sp³-hybridized carbons (Fsp3) is 0.200. The molecular weight excluding hydrogens is 336 g/mol. The number of carboxylic acid groups (broad SMARTS) is 1. The second-order valence-corrected chi connectivity index (χ2v) is 5.46. The van der Waals surface area contributed by atoms with Gasteiger partial charge in [-0.2, -0.15) is 0 Å². The predicted octanol–water partition coefficient (Wildman–Crippen LogP) is 3.96. The van der Waals surface area contributed by atoms with Crippen LogP contribution < -0.4 is 14.9 Å². The largest absolute Gasteiger partial charge is 0.490 e. The molecule has 0 aliphatic heterocycles. The number of benzene rings is 2. The van der Waals surface area contributed by atoms with Crippen molar-refractivity contribution in [1.82, 2.24) is 0 Å². The summed E-state index contributed by atoms with van der Waals surface area (Å²) in [7, 11) is 0. The Morgan fingerprint density at radius 3 is 2.50 bits per heavy atom. The molecule has 3 aromatic rings. The summed E-state index contributed by atoms with van der Waals surface area (Å²) in [6.07, 6.45) is 0. The molecule has 1 aromatic heterocycles. The van der Waals surface area contributed by atoms with Gasteiger partial charge in [-0.3, -0.25) is 4.79 Å². The Hall–Kier alpha value is -3.28. The Balaban J connectivity index is 2.32. The summed E-state index contributed by atoms with van der Waals surface area (Å²) in [6.45, 7) is 4.45. The van der Waals surface area contributed by atoms with E-state index in [-0.39, 0.29) is 22.3 Å². The molecule has 0 spiro atoms. The Bertz CT molecular complexity index is 1020. The van der Waals surface area contributed by atoms with Crippen LogP contribution in [0, 0.1) is 0 Å². The zero-order chi connectivity index (χ0) is 18.7. The first kappa shape index (κ1) is 17.5. The number of aromatic carboxylic acids is 1. The average Bonchev–Trinajstić information content (AvgIpc) is 2.63. The third-order valence-electron chi connectivity index (χ3n) is 3.83. The summed E-state index contributed by atoms with van der Waals surface area (Å²) < 4.78 is 17.1. The van der Waals surface area contributed by atoms with Gasteiger partial charge in [-0.15, -0.1) is 0 Å². The first-order valence-electron chi connectivity index (χ1n) is 8.26. The highest BCUT2D eigenvalue weighted by Crippen LogP contribution is 2.37. The molecule has 0 saturated heterocycles. The van der Waals surface area contributed by atoms with Gasteiger partial charge in [-0.1, -0.05) is 18.2 Å². The molecule has 134 valence electrons. The Labute approximate surface area is 149 Å². The van der Waals surface area contributed by atoms with Crippen LogP contribution in [0.4, 0.5) is 0 Å². The molecule has 0 unspecified atom stereocenters. The molecule has 0 fully saturated rings. The number of rotatable bonds is 6. The van der Waals surface area contributed by atoms with E-state index in [1.54, 1.807) is 30.3 Å². The van der Waals surface area contributed by atoms with Crippen molar-refractivity contribution in [2.45, 2.75) is 13.8 Å². The lowest BCUT2D eigenvalue weighted by Gasteiger charge is -2.13. The number of ether oxygens (including phenoxy) is 2. The summed E-state index contributed by atoms with van der Waals surface area (Å²) >= 11 is 0. The van der Waals surface area contributed by atoms with Crippen LogP contribution in [-0.4, -0.2) is 24.3 Å². The molecule has 3 rings (SSSR count). The van der Waals surface area contributed by atoms with Crippen LogP contribution in [0.5, 0.6) is 11.5 Å². The number of carboxylic acids is 1. The second kappa shape index (κ2) is 7.31. The average molecular weight is 354 g/mol. The maximum atomic E-state index is 12.6. The third-order valence-corrected chi connectivity index (χ3v) is 3.83. The van der Waals surface area contributed by atoms with Gasteiger partial charge in [-0.05, 0) is 32.0 Å². The number of fused-ring (bicyclic) bond motifs is 1. The zero-order valence-electron chi connectivity index (χ0n) is 14.4. The molecule has 0 radical (unpaired) electrons. The van der Waals surface area contributed by atoms with Gasteiger partial charge in [-0.25, -0.2) is 4.79 Å². The summed E-state index contributed by atoms with van der Waals surface area (Å²) in [5, 5.41) is 9.74. The Morgan fingerprint density at radius 2 is 1.81 bits per heavy atom. The fourth-order valence-corrected chi connectivity index (χ4v) is 2.74. The lowest BCUT2D eigenvalue weighted by molar-refractivity contribution is 0.0697. The highest BCUT2D eigenvalue weighted by atomic mass is 16.5. The Morgan fingerprint density at radius 1 is 1.08 bits per heavy atom. The van der Waals surface area contributed by atoms with Crippen molar-refractivity contribution in [3.05, 3.63) is 58.3 Å². The maximum Gasteiger partial charge on any atom is 0.336 e. The Kier molecular flexibility index (Phi) is 4.93. The summed E-state index contributed by atoms with van der Waals surface area (Å²) in [5.74, 6) is -0.140. The van der Waals surface area contributed by atoms with Crippen LogP contribution in [-0.2, 0) is 0 Å². The number of hydrogen-bond donors (Lipinski definition) is 1.